The van der Waals surface area contributed by atoms with Gasteiger partial charge in [0.05, 0.1) is 24.1 Å². The van der Waals surface area contributed by atoms with Gasteiger partial charge in [-0.15, -0.1) is 11.3 Å². The summed E-state index contributed by atoms with van der Waals surface area (Å²) in [5.74, 6) is 6.28. The number of thiophene rings is 1. The number of aromatic nitrogens is 2. The number of nitrogens with zero attached hydrogens (tertiary/aromatic N) is 2. The Morgan fingerprint density at radius 2 is 2.00 bits per heavy atom. The first kappa shape index (κ1) is 15.9. The molecular weight excluding hydrogens is 290 g/mol. The lowest BCUT2D eigenvalue weighted by atomic mass is 9.98. The molecule has 0 atom stereocenters. The zero-order valence-corrected chi connectivity index (χ0v) is 13.0. The lowest BCUT2D eigenvalue weighted by molar-refractivity contribution is 0.132. The van der Waals surface area contributed by atoms with Crippen molar-refractivity contribution in [3.05, 3.63) is 10.9 Å². The van der Waals surface area contributed by atoms with E-state index in [2.05, 4.69) is 27.6 Å². The zero-order chi connectivity index (χ0) is 15.5. The van der Waals surface area contributed by atoms with Gasteiger partial charge in [-0.3, -0.25) is 5.43 Å². The van der Waals surface area contributed by atoms with E-state index in [0.29, 0.717) is 18.2 Å². The minimum absolute atomic E-state index is 0.193. The summed E-state index contributed by atoms with van der Waals surface area (Å²) in [6.07, 6.45) is 1.46. The van der Waals surface area contributed by atoms with Crippen LogP contribution < -0.4 is 16.6 Å². The van der Waals surface area contributed by atoms with E-state index in [4.69, 9.17) is 5.84 Å². The van der Waals surface area contributed by atoms with Gasteiger partial charge < -0.3 is 15.5 Å². The summed E-state index contributed by atoms with van der Waals surface area (Å²) >= 11 is 1.58. The molecule has 0 aliphatic heterocycles. The molecule has 7 nitrogen and oxygen atoms in total. The highest BCUT2D eigenvalue weighted by Crippen LogP contribution is 2.32. The molecule has 2 rings (SSSR count). The molecule has 0 unspecified atom stereocenters. The van der Waals surface area contributed by atoms with Crippen molar-refractivity contribution in [1.82, 2.24) is 9.97 Å². The minimum atomic E-state index is -0.818. The number of nitrogens with one attached hydrogen (secondary N) is 2. The molecule has 0 fully saturated rings. The van der Waals surface area contributed by atoms with Gasteiger partial charge in [0.2, 0.25) is 5.95 Å². The number of nitrogens with two attached hydrogens (primary N) is 1. The van der Waals surface area contributed by atoms with Gasteiger partial charge in [-0.25, -0.2) is 10.8 Å². The molecule has 2 aromatic rings. The second-order valence-electron chi connectivity index (χ2n) is 4.90. The van der Waals surface area contributed by atoms with Crippen LogP contribution in [0.1, 0.15) is 25.1 Å². The fourth-order valence-corrected chi connectivity index (χ4v) is 2.96. The molecule has 0 radical (unpaired) electrons. The van der Waals surface area contributed by atoms with Crippen LogP contribution >= 0.6 is 11.3 Å². The lowest BCUT2D eigenvalue weighted by Crippen LogP contribution is -2.45. The summed E-state index contributed by atoms with van der Waals surface area (Å²) in [6.45, 7) is 3.58. The van der Waals surface area contributed by atoms with Gasteiger partial charge in [-0.2, -0.15) is 4.98 Å². The molecule has 0 bridgehead atoms. The first-order chi connectivity index (χ1) is 10.1. The fraction of sp³-hybridized carbons (Fsp3) is 0.538. The van der Waals surface area contributed by atoms with Crippen LogP contribution in [0.5, 0.6) is 0 Å². The van der Waals surface area contributed by atoms with Crippen molar-refractivity contribution in [2.45, 2.75) is 32.2 Å². The molecule has 0 saturated carbocycles. The molecule has 0 aromatic carbocycles. The monoisotopic (exact) mass is 311 g/mol. The Morgan fingerprint density at radius 1 is 1.29 bits per heavy atom. The van der Waals surface area contributed by atoms with Crippen molar-refractivity contribution in [2.24, 2.45) is 5.84 Å². The number of anilines is 2. The number of fused-ring (bicyclic) bond motifs is 1. The highest BCUT2D eigenvalue weighted by atomic mass is 32.1. The number of aliphatic hydroxyl groups excluding tert-OH is 2. The Morgan fingerprint density at radius 3 is 2.52 bits per heavy atom. The van der Waals surface area contributed by atoms with Crippen LogP contribution in [-0.2, 0) is 6.42 Å². The molecule has 0 amide bonds. The maximum atomic E-state index is 9.58. The Kier molecular flexibility index (Phi) is 4.94. The SMILES string of the molecule is CCc1cc2c(NC(CC)(CO)CO)nc(NN)nc2s1. The van der Waals surface area contributed by atoms with Crippen LogP contribution in [0.4, 0.5) is 11.8 Å². The quantitative estimate of drug-likeness (QED) is 0.384. The smallest absolute Gasteiger partial charge is 0.240 e. The van der Waals surface area contributed by atoms with E-state index in [-0.39, 0.29) is 13.2 Å². The average molecular weight is 311 g/mol. The number of hydrogen-bond donors (Lipinski definition) is 5. The van der Waals surface area contributed by atoms with Crippen LogP contribution in [0.25, 0.3) is 10.2 Å². The van der Waals surface area contributed by atoms with Gasteiger partial charge in [0.25, 0.3) is 0 Å². The third-order valence-electron chi connectivity index (χ3n) is 3.59. The molecule has 0 spiro atoms. The van der Waals surface area contributed by atoms with Crippen molar-refractivity contribution in [1.29, 1.82) is 0 Å². The molecule has 21 heavy (non-hydrogen) atoms. The highest BCUT2D eigenvalue weighted by Gasteiger charge is 2.28. The Labute approximate surface area is 127 Å². The van der Waals surface area contributed by atoms with E-state index in [1.807, 2.05) is 13.0 Å². The predicted molar refractivity (Wildman–Crippen MR) is 85.4 cm³/mol. The van der Waals surface area contributed by atoms with E-state index in [9.17, 15) is 10.2 Å². The zero-order valence-electron chi connectivity index (χ0n) is 12.2. The Balaban J connectivity index is 2.52. The number of rotatable bonds is 7. The molecule has 2 heterocycles. The molecule has 6 N–H and O–H groups in total. The van der Waals surface area contributed by atoms with E-state index in [0.717, 1.165) is 16.6 Å². The lowest BCUT2D eigenvalue weighted by Gasteiger charge is -2.30. The molecule has 2 aromatic heterocycles. The van der Waals surface area contributed by atoms with Gasteiger partial charge in [-0.1, -0.05) is 13.8 Å². The van der Waals surface area contributed by atoms with Gasteiger partial charge in [0.1, 0.15) is 10.6 Å². The van der Waals surface area contributed by atoms with E-state index in [1.54, 1.807) is 11.3 Å². The molecule has 0 aliphatic rings. The van der Waals surface area contributed by atoms with Crippen LogP contribution in [-0.4, -0.2) is 38.9 Å². The number of aryl methyl sites for hydroxylation is 1. The molecular formula is C13H21N5O2S. The maximum absolute atomic E-state index is 9.58. The Bertz CT molecular complexity index is 604. The first-order valence-corrected chi connectivity index (χ1v) is 7.70. The third kappa shape index (κ3) is 3.08. The van der Waals surface area contributed by atoms with Crippen molar-refractivity contribution >= 4 is 33.3 Å². The van der Waals surface area contributed by atoms with Gasteiger partial charge in [-0.05, 0) is 18.9 Å². The largest absolute Gasteiger partial charge is 0.394 e. The molecule has 0 aliphatic carbocycles. The molecule has 0 saturated heterocycles. The van der Waals surface area contributed by atoms with Crippen molar-refractivity contribution in [2.75, 3.05) is 24.0 Å². The second kappa shape index (κ2) is 6.52. The van der Waals surface area contributed by atoms with E-state index >= 15 is 0 Å². The van der Waals surface area contributed by atoms with E-state index in [1.165, 1.54) is 4.88 Å². The summed E-state index contributed by atoms with van der Waals surface area (Å²) < 4.78 is 0. The normalized spacial score (nSPS) is 11.9. The van der Waals surface area contributed by atoms with Gasteiger partial charge in [0.15, 0.2) is 0 Å². The summed E-state index contributed by atoms with van der Waals surface area (Å²) in [4.78, 5) is 10.7. The van der Waals surface area contributed by atoms with Crippen molar-refractivity contribution < 1.29 is 10.2 Å². The fourth-order valence-electron chi connectivity index (χ4n) is 2.00. The van der Waals surface area contributed by atoms with Crippen LogP contribution in [0.2, 0.25) is 0 Å². The Hall–Kier alpha value is -1.48. The summed E-state index contributed by atoms with van der Waals surface area (Å²) in [5.41, 5.74) is 1.63. The van der Waals surface area contributed by atoms with Gasteiger partial charge >= 0.3 is 0 Å². The first-order valence-electron chi connectivity index (χ1n) is 6.88. The molecule has 116 valence electrons. The third-order valence-corrected chi connectivity index (χ3v) is 4.76. The second-order valence-corrected chi connectivity index (χ2v) is 6.02. The summed E-state index contributed by atoms with van der Waals surface area (Å²) in [6, 6.07) is 2.03. The average Bonchev–Trinajstić information content (AvgIpc) is 2.95. The number of nitrogen functional groups attached to an aromatic ring is 1. The molecule has 8 heteroatoms. The van der Waals surface area contributed by atoms with Crippen LogP contribution in [0, 0.1) is 0 Å². The van der Waals surface area contributed by atoms with E-state index < -0.39 is 5.54 Å². The summed E-state index contributed by atoms with van der Waals surface area (Å²) in [7, 11) is 0. The van der Waals surface area contributed by atoms with Crippen LogP contribution in [0.15, 0.2) is 6.07 Å². The summed E-state index contributed by atoms with van der Waals surface area (Å²) in [5, 5.41) is 23.2. The van der Waals surface area contributed by atoms with Crippen molar-refractivity contribution in [3.63, 3.8) is 0 Å². The number of hydrazine groups is 1. The minimum Gasteiger partial charge on any atom is -0.394 e. The van der Waals surface area contributed by atoms with Gasteiger partial charge in [0, 0.05) is 4.88 Å². The number of aliphatic hydroxyl groups is 2. The van der Waals surface area contributed by atoms with Crippen molar-refractivity contribution in [3.8, 4) is 0 Å². The number of hydrogen-bond acceptors (Lipinski definition) is 8. The maximum Gasteiger partial charge on any atom is 0.240 e. The predicted octanol–water partition coefficient (Wildman–Crippen LogP) is 1.08. The standard InChI is InChI=1S/C13H21N5O2S/c1-3-8-5-9-10(17-13(4-2,6-19)7-20)15-12(18-14)16-11(9)21-8/h5,19-20H,3-4,6-7,14H2,1-2H3,(H2,15,16,17,18). The topological polar surface area (TPSA) is 116 Å². The highest BCUT2D eigenvalue weighted by molar-refractivity contribution is 7.18. The van der Waals surface area contributed by atoms with Crippen LogP contribution in [0.3, 0.4) is 0 Å².